The fourth-order valence-electron chi connectivity index (χ4n) is 5.12. The van der Waals surface area contributed by atoms with Gasteiger partial charge in [-0.1, -0.05) is 72.2 Å². The van der Waals surface area contributed by atoms with Crippen molar-refractivity contribution in [2.75, 3.05) is 6.61 Å². The molecule has 4 rings (SSSR count). The first-order valence-corrected chi connectivity index (χ1v) is 13.1. The molecule has 0 amide bonds. The summed E-state index contributed by atoms with van der Waals surface area (Å²) in [7, 11) is 0. The summed E-state index contributed by atoms with van der Waals surface area (Å²) in [5, 5.41) is 11.5. The van der Waals surface area contributed by atoms with Crippen molar-refractivity contribution in [3.8, 4) is 0 Å². The summed E-state index contributed by atoms with van der Waals surface area (Å²) >= 11 is 3.34. The number of nitrogens with zero attached hydrogens (tertiary/aromatic N) is 2. The minimum Gasteiger partial charge on any atom is -1.00 e. The Balaban J connectivity index is 0.00000380. The Morgan fingerprint density at radius 3 is 2.49 bits per heavy atom. The molecule has 9 heteroatoms. The number of hydrogen-bond donors (Lipinski definition) is 1. The van der Waals surface area contributed by atoms with E-state index in [4.69, 9.17) is 4.74 Å². The molecule has 1 aromatic heterocycles. The molecule has 200 valence electrons. The van der Waals surface area contributed by atoms with Crippen LogP contribution in [0.5, 0.6) is 0 Å². The summed E-state index contributed by atoms with van der Waals surface area (Å²) in [6, 6.07) is 16.7. The molecule has 2 aromatic carbocycles. The predicted octanol–water partition coefficient (Wildman–Crippen LogP) is 2.58. The molecule has 3 aromatic rings. The summed E-state index contributed by atoms with van der Waals surface area (Å²) in [6.45, 7) is 5.33. The second-order valence-corrected chi connectivity index (χ2v) is 10.7. The smallest absolute Gasteiger partial charge is 0.343 e. The van der Waals surface area contributed by atoms with Gasteiger partial charge in [0.05, 0.1) is 5.92 Å². The Morgan fingerprint density at radius 1 is 1.22 bits per heavy atom. The van der Waals surface area contributed by atoms with Crippen LogP contribution in [-0.2, 0) is 28.2 Å². The van der Waals surface area contributed by atoms with Crippen LogP contribution in [0.25, 0.3) is 0 Å². The third-order valence-corrected chi connectivity index (χ3v) is 7.41. The molecule has 1 fully saturated rings. The van der Waals surface area contributed by atoms with Crippen LogP contribution in [0.2, 0.25) is 0 Å². The van der Waals surface area contributed by atoms with E-state index in [-0.39, 0.29) is 47.9 Å². The quantitative estimate of drug-likeness (QED) is 0.289. The van der Waals surface area contributed by atoms with Gasteiger partial charge in [-0.25, -0.2) is 22.7 Å². The zero-order valence-electron chi connectivity index (χ0n) is 20.9. The predicted molar refractivity (Wildman–Crippen MR) is 136 cm³/mol. The molecule has 0 spiro atoms. The lowest BCUT2D eigenvalue weighted by molar-refractivity contribution is -0.696. The maximum Gasteiger partial charge on any atom is 0.343 e. The van der Waals surface area contributed by atoms with E-state index in [1.807, 2.05) is 35.2 Å². The van der Waals surface area contributed by atoms with Crippen molar-refractivity contribution >= 4 is 21.9 Å². The highest BCUT2D eigenvalue weighted by Gasteiger charge is 2.54. The van der Waals surface area contributed by atoms with Crippen LogP contribution in [0.1, 0.15) is 56.0 Å². The lowest BCUT2D eigenvalue weighted by Crippen LogP contribution is -3.00. The van der Waals surface area contributed by atoms with Crippen LogP contribution in [-0.4, -0.2) is 28.2 Å². The Morgan fingerprint density at radius 2 is 1.89 bits per heavy atom. The molecule has 0 saturated heterocycles. The minimum absolute atomic E-state index is 0. The number of ether oxygens (including phenoxy) is 1. The summed E-state index contributed by atoms with van der Waals surface area (Å²) in [4.78, 5) is 13.3. The number of esters is 1. The molecule has 1 aliphatic carbocycles. The molecule has 1 heterocycles. The van der Waals surface area contributed by atoms with Crippen LogP contribution < -0.4 is 21.5 Å². The first-order valence-electron chi connectivity index (χ1n) is 12.3. The van der Waals surface area contributed by atoms with Gasteiger partial charge in [0.15, 0.2) is 5.60 Å². The Labute approximate surface area is 235 Å². The zero-order chi connectivity index (χ0) is 25.9. The molecule has 5 nitrogen and oxygen atoms in total. The average molecular weight is 642 g/mol. The van der Waals surface area contributed by atoms with Crippen LogP contribution in [0.3, 0.4) is 0 Å². The van der Waals surface area contributed by atoms with E-state index in [1.54, 1.807) is 24.3 Å². The van der Waals surface area contributed by atoms with Gasteiger partial charge in [-0.3, -0.25) is 0 Å². The van der Waals surface area contributed by atoms with E-state index < -0.39 is 29.8 Å². The standard InChI is InChI=1S/C28H32BrF2N2O3.BrH/c1-20(2)25-32(14-15-33(25)19-21-6-4-3-5-7-21)16-17-36-26(34)28(35,22-8-10-24(29)11-9-22)23-12-13-27(30,31)18-23;/h3-11,14-15,20,23,35H,12-13,16-19H2,1-2H3;1H/q+1;/p-1/t23-,28+;/m1./s1. The van der Waals surface area contributed by atoms with E-state index in [0.29, 0.717) is 6.54 Å². The van der Waals surface area contributed by atoms with E-state index in [2.05, 4.69) is 46.5 Å². The molecular weight excluding hydrogens is 610 g/mol. The van der Waals surface area contributed by atoms with E-state index >= 15 is 0 Å². The van der Waals surface area contributed by atoms with E-state index in [0.717, 1.165) is 16.8 Å². The minimum atomic E-state index is -2.90. The lowest BCUT2D eigenvalue weighted by atomic mass is 9.80. The lowest BCUT2D eigenvalue weighted by Gasteiger charge is -2.32. The second kappa shape index (κ2) is 12.2. The fraction of sp³-hybridized carbons (Fsp3) is 0.429. The number of hydrogen-bond acceptors (Lipinski definition) is 3. The van der Waals surface area contributed by atoms with Gasteiger partial charge in [-0.15, -0.1) is 0 Å². The number of carbonyl (C=O) groups excluding carboxylic acids is 1. The van der Waals surface area contributed by atoms with Crippen LogP contribution in [0, 0.1) is 5.92 Å². The van der Waals surface area contributed by atoms with Gasteiger partial charge >= 0.3 is 5.97 Å². The van der Waals surface area contributed by atoms with Crippen LogP contribution >= 0.6 is 15.9 Å². The molecule has 0 unspecified atom stereocenters. The number of alkyl halides is 2. The summed E-state index contributed by atoms with van der Waals surface area (Å²) in [5.41, 5.74) is -0.685. The number of aromatic nitrogens is 2. The Bertz CT molecular complexity index is 1190. The first kappa shape index (κ1) is 29.5. The van der Waals surface area contributed by atoms with Crippen LogP contribution in [0.15, 0.2) is 71.5 Å². The number of benzene rings is 2. The summed E-state index contributed by atoms with van der Waals surface area (Å²) in [6.07, 6.45) is 3.09. The molecule has 37 heavy (non-hydrogen) atoms. The highest BCUT2D eigenvalue weighted by atomic mass is 79.9. The molecule has 1 saturated carbocycles. The normalized spacial score (nSPS) is 18.3. The molecule has 2 atom stereocenters. The molecule has 1 N–H and O–H groups in total. The van der Waals surface area contributed by atoms with E-state index in [9.17, 15) is 18.7 Å². The van der Waals surface area contributed by atoms with Gasteiger partial charge in [0, 0.05) is 23.2 Å². The SMILES string of the molecule is CC(C)c1n(CCOC(=O)[C@](O)(c2ccc(Br)cc2)[C@@H]2CCC(F)(F)C2)cc[n+]1Cc1ccccc1.[Br-]. The maximum atomic E-state index is 14.0. The van der Waals surface area contributed by atoms with Crippen molar-refractivity contribution in [2.24, 2.45) is 5.92 Å². The van der Waals surface area contributed by atoms with Gasteiger partial charge in [0.25, 0.3) is 5.82 Å². The number of aliphatic hydroxyl groups is 1. The van der Waals surface area contributed by atoms with Gasteiger partial charge in [0.2, 0.25) is 5.92 Å². The highest BCUT2D eigenvalue weighted by molar-refractivity contribution is 9.10. The monoisotopic (exact) mass is 640 g/mol. The largest absolute Gasteiger partial charge is 1.00 e. The van der Waals surface area contributed by atoms with E-state index in [1.165, 1.54) is 5.56 Å². The van der Waals surface area contributed by atoms with Crippen molar-refractivity contribution in [1.82, 2.24) is 4.57 Å². The van der Waals surface area contributed by atoms with Crippen molar-refractivity contribution in [3.63, 3.8) is 0 Å². The van der Waals surface area contributed by atoms with Gasteiger partial charge in [-0.2, -0.15) is 0 Å². The fourth-order valence-corrected chi connectivity index (χ4v) is 5.39. The number of halogens is 4. The Kier molecular flexibility index (Phi) is 9.69. The maximum absolute atomic E-state index is 14.0. The van der Waals surface area contributed by atoms with Crippen molar-refractivity contribution in [3.05, 3.63) is 88.4 Å². The molecule has 0 radical (unpaired) electrons. The third-order valence-electron chi connectivity index (χ3n) is 6.88. The molecule has 1 aliphatic rings. The van der Waals surface area contributed by atoms with Crippen molar-refractivity contribution in [1.29, 1.82) is 0 Å². The van der Waals surface area contributed by atoms with Crippen LogP contribution in [0.4, 0.5) is 8.78 Å². The zero-order valence-corrected chi connectivity index (χ0v) is 24.1. The first-order chi connectivity index (χ1) is 17.1. The van der Waals surface area contributed by atoms with Gasteiger partial charge < -0.3 is 26.8 Å². The highest BCUT2D eigenvalue weighted by Crippen LogP contribution is 2.48. The van der Waals surface area contributed by atoms with Crippen molar-refractivity contribution < 1.29 is 45.0 Å². The molecular formula is C28H32Br2F2N2O3. The number of carbonyl (C=O) groups is 1. The second-order valence-electron chi connectivity index (χ2n) is 9.82. The summed E-state index contributed by atoms with van der Waals surface area (Å²) < 4.78 is 38.6. The third kappa shape index (κ3) is 6.67. The van der Waals surface area contributed by atoms with Gasteiger partial charge in [-0.05, 0) is 29.7 Å². The number of rotatable bonds is 9. The van der Waals surface area contributed by atoms with Crippen molar-refractivity contribution in [2.45, 2.75) is 63.6 Å². The summed E-state index contributed by atoms with van der Waals surface area (Å²) in [5.74, 6) is -3.42. The molecule has 0 bridgehead atoms. The topological polar surface area (TPSA) is 55.3 Å². The Hall–Kier alpha value is -2.10. The number of imidazole rings is 1. The van der Waals surface area contributed by atoms with Gasteiger partial charge in [0.1, 0.15) is 32.1 Å². The average Bonchev–Trinajstić information content (AvgIpc) is 3.42. The molecule has 0 aliphatic heterocycles.